The summed E-state index contributed by atoms with van der Waals surface area (Å²) in [6.45, 7) is 5.11. The molecule has 0 aromatic heterocycles. The zero-order valence-corrected chi connectivity index (χ0v) is 12.3. The van der Waals surface area contributed by atoms with Gasteiger partial charge in [-0.15, -0.1) is 0 Å². The van der Waals surface area contributed by atoms with Crippen molar-refractivity contribution >= 4 is 11.7 Å². The highest BCUT2D eigenvalue weighted by molar-refractivity contribution is 5.92. The van der Waals surface area contributed by atoms with E-state index in [4.69, 9.17) is 5.73 Å². The highest BCUT2D eigenvalue weighted by Crippen LogP contribution is 2.19. The van der Waals surface area contributed by atoms with Gasteiger partial charge >= 0.3 is 6.03 Å². The van der Waals surface area contributed by atoms with Crippen LogP contribution in [0.4, 0.5) is 10.5 Å². The van der Waals surface area contributed by atoms with Crippen LogP contribution in [-0.2, 0) is 0 Å². The lowest BCUT2D eigenvalue weighted by molar-refractivity contribution is 0.193. The van der Waals surface area contributed by atoms with Crippen molar-refractivity contribution in [3.8, 4) is 0 Å². The van der Waals surface area contributed by atoms with Gasteiger partial charge < -0.3 is 10.6 Å². The maximum absolute atomic E-state index is 12.7. The molecule has 1 aliphatic heterocycles. The van der Waals surface area contributed by atoms with Crippen LogP contribution in [0, 0.1) is 6.92 Å². The lowest BCUT2D eigenvalue weighted by Gasteiger charge is -2.33. The van der Waals surface area contributed by atoms with Crippen molar-refractivity contribution in [2.24, 2.45) is 5.73 Å². The number of amides is 2. The summed E-state index contributed by atoms with van der Waals surface area (Å²) in [5.41, 5.74) is 7.78. The fourth-order valence-electron chi connectivity index (χ4n) is 2.57. The number of nitrogens with two attached hydrogens (primary N) is 1. The minimum Gasteiger partial charge on any atom is -0.330 e. The highest BCUT2D eigenvalue weighted by Gasteiger charge is 2.23. The second-order valence-corrected chi connectivity index (χ2v) is 5.46. The summed E-state index contributed by atoms with van der Waals surface area (Å²) in [6.07, 6.45) is 4.29. The summed E-state index contributed by atoms with van der Waals surface area (Å²) < 4.78 is 0. The predicted molar refractivity (Wildman–Crippen MR) is 83.0 cm³/mol. The van der Waals surface area contributed by atoms with E-state index in [1.165, 1.54) is 12.0 Å². The van der Waals surface area contributed by atoms with Crippen LogP contribution >= 0.6 is 0 Å². The third kappa shape index (κ3) is 3.73. The van der Waals surface area contributed by atoms with Gasteiger partial charge in [0, 0.05) is 25.3 Å². The Balaban J connectivity index is 2.13. The molecule has 20 heavy (non-hydrogen) atoms. The standard InChI is InChI=1S/C16H25N3O/c1-14-6-8-15(9-7-14)19(13-5-10-17)16(20)18-11-3-2-4-12-18/h6-9H,2-5,10-13,17H2,1H3. The van der Waals surface area contributed by atoms with E-state index in [0.717, 1.165) is 38.0 Å². The average molecular weight is 275 g/mol. The van der Waals surface area contributed by atoms with Gasteiger partial charge in [0.1, 0.15) is 0 Å². The number of likely N-dealkylation sites (tertiary alicyclic amines) is 1. The first kappa shape index (κ1) is 14.9. The molecule has 2 amide bonds. The second kappa shape index (κ2) is 7.29. The summed E-state index contributed by atoms with van der Waals surface area (Å²) in [4.78, 5) is 16.5. The van der Waals surface area contributed by atoms with Crippen LogP contribution in [0.15, 0.2) is 24.3 Å². The summed E-state index contributed by atoms with van der Waals surface area (Å²) in [5.74, 6) is 0. The van der Waals surface area contributed by atoms with Gasteiger partial charge in [0.15, 0.2) is 0 Å². The number of hydrogen-bond acceptors (Lipinski definition) is 2. The van der Waals surface area contributed by atoms with Gasteiger partial charge in [0.2, 0.25) is 0 Å². The molecule has 0 saturated carbocycles. The highest BCUT2D eigenvalue weighted by atomic mass is 16.2. The number of aryl methyl sites for hydroxylation is 1. The molecule has 4 heteroatoms. The smallest absolute Gasteiger partial charge is 0.324 e. The van der Waals surface area contributed by atoms with Crippen molar-refractivity contribution < 1.29 is 4.79 Å². The minimum atomic E-state index is 0.127. The van der Waals surface area contributed by atoms with E-state index in [1.54, 1.807) is 0 Å². The van der Waals surface area contributed by atoms with Gasteiger partial charge in [-0.2, -0.15) is 0 Å². The number of nitrogens with zero attached hydrogens (tertiary/aromatic N) is 2. The number of benzene rings is 1. The van der Waals surface area contributed by atoms with E-state index in [1.807, 2.05) is 34.1 Å². The average Bonchev–Trinajstić information content (AvgIpc) is 2.50. The first-order valence-electron chi connectivity index (χ1n) is 7.55. The Hall–Kier alpha value is -1.55. The molecule has 1 aromatic rings. The number of urea groups is 1. The van der Waals surface area contributed by atoms with Crippen molar-refractivity contribution in [2.45, 2.75) is 32.6 Å². The third-order valence-corrected chi connectivity index (χ3v) is 3.79. The number of rotatable bonds is 4. The molecule has 0 atom stereocenters. The predicted octanol–water partition coefficient (Wildman–Crippen LogP) is 2.76. The van der Waals surface area contributed by atoms with E-state index in [2.05, 4.69) is 6.92 Å². The molecule has 4 nitrogen and oxygen atoms in total. The molecular formula is C16H25N3O. The van der Waals surface area contributed by atoms with E-state index >= 15 is 0 Å². The summed E-state index contributed by atoms with van der Waals surface area (Å²) in [6, 6.07) is 8.27. The van der Waals surface area contributed by atoms with Crippen molar-refractivity contribution in [1.29, 1.82) is 0 Å². The summed E-state index contributed by atoms with van der Waals surface area (Å²) in [7, 11) is 0. The van der Waals surface area contributed by atoms with E-state index in [9.17, 15) is 4.79 Å². The Morgan fingerprint density at radius 1 is 1.20 bits per heavy atom. The molecule has 2 rings (SSSR count). The van der Waals surface area contributed by atoms with Gasteiger partial charge in [-0.1, -0.05) is 17.7 Å². The fourth-order valence-corrected chi connectivity index (χ4v) is 2.57. The van der Waals surface area contributed by atoms with Crippen LogP contribution in [0.5, 0.6) is 0 Å². The number of carbonyl (C=O) groups excluding carboxylic acids is 1. The fraction of sp³-hybridized carbons (Fsp3) is 0.562. The SMILES string of the molecule is Cc1ccc(N(CCCN)C(=O)N2CCCCC2)cc1. The Morgan fingerprint density at radius 3 is 2.45 bits per heavy atom. The Bertz CT molecular complexity index is 424. The van der Waals surface area contributed by atoms with Gasteiger partial charge in [-0.25, -0.2) is 4.79 Å². The molecule has 0 aliphatic carbocycles. The monoisotopic (exact) mass is 275 g/mol. The van der Waals surface area contributed by atoms with Crippen molar-refractivity contribution in [1.82, 2.24) is 4.90 Å². The first-order chi connectivity index (χ1) is 9.72. The molecule has 2 N–H and O–H groups in total. The van der Waals surface area contributed by atoms with Gasteiger partial charge in [-0.05, 0) is 51.3 Å². The van der Waals surface area contributed by atoms with Crippen LogP contribution in [-0.4, -0.2) is 37.1 Å². The van der Waals surface area contributed by atoms with E-state index in [0.29, 0.717) is 13.1 Å². The lowest BCUT2D eigenvalue weighted by Crippen LogP contribution is -2.46. The molecule has 1 saturated heterocycles. The molecule has 1 heterocycles. The van der Waals surface area contributed by atoms with Crippen molar-refractivity contribution in [2.75, 3.05) is 31.1 Å². The molecular weight excluding hydrogens is 250 g/mol. The van der Waals surface area contributed by atoms with E-state index in [-0.39, 0.29) is 6.03 Å². The molecule has 0 radical (unpaired) electrons. The van der Waals surface area contributed by atoms with Crippen LogP contribution < -0.4 is 10.6 Å². The second-order valence-electron chi connectivity index (χ2n) is 5.46. The van der Waals surface area contributed by atoms with Gasteiger partial charge in [-0.3, -0.25) is 4.90 Å². The van der Waals surface area contributed by atoms with Crippen molar-refractivity contribution in [3.05, 3.63) is 29.8 Å². The molecule has 1 aliphatic rings. The molecule has 0 spiro atoms. The van der Waals surface area contributed by atoms with Crippen molar-refractivity contribution in [3.63, 3.8) is 0 Å². The summed E-state index contributed by atoms with van der Waals surface area (Å²) >= 11 is 0. The molecule has 110 valence electrons. The largest absolute Gasteiger partial charge is 0.330 e. The summed E-state index contributed by atoms with van der Waals surface area (Å²) in [5, 5.41) is 0. The van der Waals surface area contributed by atoms with Crippen LogP contribution in [0.1, 0.15) is 31.2 Å². The van der Waals surface area contributed by atoms with Crippen LogP contribution in [0.3, 0.4) is 0 Å². The topological polar surface area (TPSA) is 49.6 Å². The van der Waals surface area contributed by atoms with E-state index < -0.39 is 0 Å². The number of carbonyl (C=O) groups is 1. The normalized spacial score (nSPS) is 15.2. The molecule has 1 fully saturated rings. The molecule has 0 unspecified atom stereocenters. The Kier molecular flexibility index (Phi) is 5.41. The number of hydrogen-bond donors (Lipinski definition) is 1. The van der Waals surface area contributed by atoms with Crippen LogP contribution in [0.25, 0.3) is 0 Å². The van der Waals surface area contributed by atoms with Crippen LogP contribution in [0.2, 0.25) is 0 Å². The number of piperidine rings is 1. The Labute approximate surface area is 121 Å². The zero-order chi connectivity index (χ0) is 14.4. The third-order valence-electron chi connectivity index (χ3n) is 3.79. The van der Waals surface area contributed by atoms with Gasteiger partial charge in [0.25, 0.3) is 0 Å². The maximum Gasteiger partial charge on any atom is 0.324 e. The maximum atomic E-state index is 12.7. The van der Waals surface area contributed by atoms with Gasteiger partial charge in [0.05, 0.1) is 0 Å². The first-order valence-corrected chi connectivity index (χ1v) is 7.55. The zero-order valence-electron chi connectivity index (χ0n) is 12.3. The quantitative estimate of drug-likeness (QED) is 0.918. The minimum absolute atomic E-state index is 0.127. The molecule has 0 bridgehead atoms. The molecule has 1 aromatic carbocycles. The lowest BCUT2D eigenvalue weighted by atomic mass is 10.1. The Morgan fingerprint density at radius 2 is 1.85 bits per heavy atom. The number of anilines is 1.